The SMILES string of the molecule is CCOc1cc(/C=C/C(=O)NCC2CCCO2)ccc1OC(F)F. The first kappa shape index (κ1) is 18.2. The van der Waals surface area contributed by atoms with Crippen LogP contribution < -0.4 is 14.8 Å². The quantitative estimate of drug-likeness (QED) is 0.739. The van der Waals surface area contributed by atoms with E-state index in [0.717, 1.165) is 19.4 Å². The van der Waals surface area contributed by atoms with E-state index in [-0.39, 0.29) is 23.5 Å². The summed E-state index contributed by atoms with van der Waals surface area (Å²) in [6, 6.07) is 4.51. The maximum Gasteiger partial charge on any atom is 0.387 e. The lowest BCUT2D eigenvalue weighted by atomic mass is 10.2. The summed E-state index contributed by atoms with van der Waals surface area (Å²) in [6.07, 6.45) is 5.02. The number of rotatable bonds is 8. The summed E-state index contributed by atoms with van der Waals surface area (Å²) in [5.74, 6) is -0.0667. The van der Waals surface area contributed by atoms with Gasteiger partial charge < -0.3 is 19.5 Å². The molecule has 0 radical (unpaired) electrons. The maximum absolute atomic E-state index is 12.4. The lowest BCUT2D eigenvalue weighted by Crippen LogP contribution is -2.30. The number of carbonyl (C=O) groups is 1. The lowest BCUT2D eigenvalue weighted by molar-refractivity contribution is -0.116. The molecule has 1 atom stereocenters. The topological polar surface area (TPSA) is 56.8 Å². The van der Waals surface area contributed by atoms with Crippen LogP contribution >= 0.6 is 0 Å². The molecule has 0 saturated carbocycles. The third-order valence-corrected chi connectivity index (χ3v) is 3.44. The lowest BCUT2D eigenvalue weighted by Gasteiger charge is -2.11. The molecule has 1 amide bonds. The van der Waals surface area contributed by atoms with Gasteiger partial charge in [0.1, 0.15) is 0 Å². The van der Waals surface area contributed by atoms with Gasteiger partial charge in [-0.3, -0.25) is 4.79 Å². The zero-order valence-electron chi connectivity index (χ0n) is 13.5. The van der Waals surface area contributed by atoms with Crippen molar-refractivity contribution in [2.45, 2.75) is 32.5 Å². The van der Waals surface area contributed by atoms with Crippen molar-refractivity contribution >= 4 is 12.0 Å². The van der Waals surface area contributed by atoms with Crippen LogP contribution in [0.2, 0.25) is 0 Å². The fourth-order valence-electron chi connectivity index (χ4n) is 2.34. The number of ether oxygens (including phenoxy) is 3. The van der Waals surface area contributed by atoms with Crippen molar-refractivity contribution in [3.8, 4) is 11.5 Å². The number of carbonyl (C=O) groups excluding carboxylic acids is 1. The highest BCUT2D eigenvalue weighted by molar-refractivity contribution is 5.91. The summed E-state index contributed by atoms with van der Waals surface area (Å²) in [6.45, 7) is 0.356. The molecule has 1 aromatic carbocycles. The van der Waals surface area contributed by atoms with E-state index in [2.05, 4.69) is 10.1 Å². The summed E-state index contributed by atoms with van der Waals surface area (Å²) in [5, 5.41) is 2.77. The van der Waals surface area contributed by atoms with Gasteiger partial charge in [-0.25, -0.2) is 0 Å². The van der Waals surface area contributed by atoms with E-state index < -0.39 is 6.61 Å². The second-order valence-corrected chi connectivity index (χ2v) is 5.23. The van der Waals surface area contributed by atoms with Crippen LogP contribution in [0.15, 0.2) is 24.3 Å². The molecule has 1 aliphatic heterocycles. The Bertz CT molecular complexity index is 572. The number of hydrogen-bond acceptors (Lipinski definition) is 4. The van der Waals surface area contributed by atoms with Gasteiger partial charge in [0, 0.05) is 19.2 Å². The van der Waals surface area contributed by atoms with Gasteiger partial charge in [-0.05, 0) is 43.5 Å². The molecule has 1 aliphatic rings. The third-order valence-electron chi connectivity index (χ3n) is 3.44. The number of hydrogen-bond donors (Lipinski definition) is 1. The first-order valence-corrected chi connectivity index (χ1v) is 7.87. The van der Waals surface area contributed by atoms with Crippen LogP contribution in [0.4, 0.5) is 8.78 Å². The molecule has 1 saturated heterocycles. The molecular weight excluding hydrogens is 320 g/mol. The van der Waals surface area contributed by atoms with Crippen molar-refractivity contribution in [3.63, 3.8) is 0 Å². The minimum atomic E-state index is -2.92. The van der Waals surface area contributed by atoms with Gasteiger partial charge in [0.2, 0.25) is 5.91 Å². The summed E-state index contributed by atoms with van der Waals surface area (Å²) in [4.78, 5) is 11.8. The largest absolute Gasteiger partial charge is 0.490 e. The summed E-state index contributed by atoms with van der Waals surface area (Å²) >= 11 is 0. The van der Waals surface area contributed by atoms with Crippen LogP contribution in [0, 0.1) is 0 Å². The molecule has 24 heavy (non-hydrogen) atoms. The first-order chi connectivity index (χ1) is 11.6. The van der Waals surface area contributed by atoms with Crippen molar-refractivity contribution in [1.82, 2.24) is 5.32 Å². The molecule has 5 nitrogen and oxygen atoms in total. The zero-order chi connectivity index (χ0) is 17.4. The molecule has 1 unspecified atom stereocenters. The predicted octanol–water partition coefficient (Wildman–Crippen LogP) is 3.00. The van der Waals surface area contributed by atoms with E-state index >= 15 is 0 Å². The van der Waals surface area contributed by atoms with E-state index in [4.69, 9.17) is 9.47 Å². The van der Waals surface area contributed by atoms with E-state index in [1.807, 2.05) is 0 Å². The van der Waals surface area contributed by atoms with Crippen molar-refractivity contribution in [2.75, 3.05) is 19.8 Å². The van der Waals surface area contributed by atoms with Gasteiger partial charge in [-0.2, -0.15) is 8.78 Å². The second kappa shape index (κ2) is 9.22. The van der Waals surface area contributed by atoms with E-state index in [0.29, 0.717) is 18.7 Å². The maximum atomic E-state index is 12.4. The monoisotopic (exact) mass is 341 g/mol. The van der Waals surface area contributed by atoms with Crippen LogP contribution in [0.3, 0.4) is 0 Å². The van der Waals surface area contributed by atoms with E-state index in [1.165, 1.54) is 12.1 Å². The van der Waals surface area contributed by atoms with Gasteiger partial charge >= 0.3 is 6.61 Å². The average Bonchev–Trinajstić information content (AvgIpc) is 3.06. The number of benzene rings is 1. The van der Waals surface area contributed by atoms with Crippen LogP contribution in [-0.2, 0) is 9.53 Å². The van der Waals surface area contributed by atoms with Gasteiger partial charge in [0.25, 0.3) is 0 Å². The normalized spacial score (nSPS) is 17.4. The molecule has 1 N–H and O–H groups in total. The zero-order valence-corrected chi connectivity index (χ0v) is 13.5. The average molecular weight is 341 g/mol. The Kier molecular flexibility index (Phi) is 6.99. The molecule has 0 spiro atoms. The highest BCUT2D eigenvalue weighted by atomic mass is 19.3. The molecular formula is C17H21F2NO4. The van der Waals surface area contributed by atoms with Gasteiger partial charge in [-0.1, -0.05) is 6.07 Å². The predicted molar refractivity (Wildman–Crippen MR) is 85.3 cm³/mol. The molecule has 1 fully saturated rings. The Morgan fingerprint density at radius 2 is 2.29 bits per heavy atom. The number of alkyl halides is 2. The minimum Gasteiger partial charge on any atom is -0.490 e. The molecule has 0 aromatic heterocycles. The smallest absolute Gasteiger partial charge is 0.387 e. The highest BCUT2D eigenvalue weighted by Crippen LogP contribution is 2.30. The fraction of sp³-hybridized carbons (Fsp3) is 0.471. The molecule has 0 bridgehead atoms. The Morgan fingerprint density at radius 3 is 2.96 bits per heavy atom. The third kappa shape index (κ3) is 5.81. The molecule has 132 valence electrons. The molecule has 1 aromatic rings. The number of halogens is 2. The van der Waals surface area contributed by atoms with Crippen LogP contribution in [0.25, 0.3) is 6.08 Å². The highest BCUT2D eigenvalue weighted by Gasteiger charge is 2.15. The van der Waals surface area contributed by atoms with Gasteiger partial charge in [0.05, 0.1) is 12.7 Å². The molecule has 0 aliphatic carbocycles. The number of amides is 1. The molecule has 1 heterocycles. The number of nitrogens with one attached hydrogen (secondary N) is 1. The van der Waals surface area contributed by atoms with E-state index in [9.17, 15) is 13.6 Å². The van der Waals surface area contributed by atoms with Crippen molar-refractivity contribution < 1.29 is 27.8 Å². The van der Waals surface area contributed by atoms with Gasteiger partial charge in [0.15, 0.2) is 11.5 Å². The Hall–Kier alpha value is -2.15. The van der Waals surface area contributed by atoms with Crippen LogP contribution in [0.5, 0.6) is 11.5 Å². The van der Waals surface area contributed by atoms with Crippen LogP contribution in [-0.4, -0.2) is 38.4 Å². The fourth-order valence-corrected chi connectivity index (χ4v) is 2.34. The van der Waals surface area contributed by atoms with Crippen molar-refractivity contribution in [3.05, 3.63) is 29.8 Å². The second-order valence-electron chi connectivity index (χ2n) is 5.23. The summed E-state index contributed by atoms with van der Waals surface area (Å²) < 4.78 is 39.8. The minimum absolute atomic E-state index is 0.0353. The Balaban J connectivity index is 1.94. The van der Waals surface area contributed by atoms with Crippen molar-refractivity contribution in [2.24, 2.45) is 0 Å². The van der Waals surface area contributed by atoms with Crippen LogP contribution in [0.1, 0.15) is 25.3 Å². The Labute approximate surface area is 139 Å². The summed E-state index contributed by atoms with van der Waals surface area (Å²) in [5.41, 5.74) is 0.646. The van der Waals surface area contributed by atoms with Crippen molar-refractivity contribution in [1.29, 1.82) is 0 Å². The van der Waals surface area contributed by atoms with Gasteiger partial charge in [-0.15, -0.1) is 0 Å². The first-order valence-electron chi connectivity index (χ1n) is 7.87. The van der Waals surface area contributed by atoms with E-state index in [1.54, 1.807) is 25.1 Å². The standard InChI is InChI=1S/C17H21F2NO4/c1-2-22-15-10-12(5-7-14(15)24-17(18)19)6-8-16(21)20-11-13-4-3-9-23-13/h5-8,10,13,17H,2-4,9,11H2,1H3,(H,20,21)/b8-6+. The molecule has 7 heteroatoms. The Morgan fingerprint density at radius 1 is 1.46 bits per heavy atom. The molecule has 2 rings (SSSR count). The summed E-state index contributed by atoms with van der Waals surface area (Å²) in [7, 11) is 0.